The second-order valence-electron chi connectivity index (χ2n) is 3.69. The highest BCUT2D eigenvalue weighted by molar-refractivity contribution is 6.20. The van der Waals surface area contributed by atoms with Crippen molar-refractivity contribution in [3.63, 3.8) is 0 Å². The lowest BCUT2D eigenvalue weighted by Crippen LogP contribution is -1.98. The second kappa shape index (κ2) is 4.84. The quantitative estimate of drug-likeness (QED) is 0.763. The Kier molecular flexibility index (Phi) is 3.43. The van der Waals surface area contributed by atoms with Crippen LogP contribution in [0, 0.1) is 11.6 Å². The van der Waals surface area contributed by atoms with E-state index in [1.807, 2.05) is 6.92 Å². The zero-order chi connectivity index (χ0) is 12.4. The molecule has 90 valence electrons. The Morgan fingerprint density at radius 2 is 2.18 bits per heavy atom. The van der Waals surface area contributed by atoms with E-state index in [0.717, 1.165) is 18.1 Å². The molecule has 0 spiro atoms. The molecule has 2 nitrogen and oxygen atoms in total. The number of aromatic nitrogens is 2. The Bertz CT molecular complexity index is 525. The largest absolute Gasteiger partial charge is 0.238 e. The van der Waals surface area contributed by atoms with E-state index in [-0.39, 0.29) is 11.1 Å². The number of halogens is 3. The van der Waals surface area contributed by atoms with Gasteiger partial charge in [-0.25, -0.2) is 13.5 Å². The lowest BCUT2D eigenvalue weighted by Gasteiger charge is -2.03. The average molecular weight is 257 g/mol. The van der Waals surface area contributed by atoms with Crippen LogP contribution in [-0.4, -0.2) is 9.78 Å². The molecule has 2 rings (SSSR count). The highest BCUT2D eigenvalue weighted by Gasteiger charge is 2.11. The van der Waals surface area contributed by atoms with E-state index in [0.29, 0.717) is 0 Å². The van der Waals surface area contributed by atoms with Crippen LogP contribution >= 0.6 is 11.6 Å². The molecule has 0 aliphatic carbocycles. The van der Waals surface area contributed by atoms with Gasteiger partial charge in [0.2, 0.25) is 0 Å². The van der Waals surface area contributed by atoms with Crippen LogP contribution in [-0.2, 0) is 0 Å². The molecule has 0 amide bonds. The average Bonchev–Trinajstić information content (AvgIpc) is 2.77. The minimum absolute atomic E-state index is 0.146. The Hall–Kier alpha value is -1.42. The van der Waals surface area contributed by atoms with Crippen LogP contribution in [0.15, 0.2) is 30.6 Å². The monoisotopic (exact) mass is 256 g/mol. The summed E-state index contributed by atoms with van der Waals surface area (Å²) in [5.41, 5.74) is 1.02. The van der Waals surface area contributed by atoms with Crippen molar-refractivity contribution in [1.82, 2.24) is 9.78 Å². The Morgan fingerprint density at radius 1 is 1.41 bits per heavy atom. The summed E-state index contributed by atoms with van der Waals surface area (Å²) in [6.45, 7) is 1.95. The van der Waals surface area contributed by atoms with Gasteiger partial charge in [0.1, 0.15) is 11.5 Å². The van der Waals surface area contributed by atoms with Crippen LogP contribution in [0.1, 0.15) is 24.3 Å². The first-order chi connectivity index (χ1) is 8.11. The molecule has 17 heavy (non-hydrogen) atoms. The molecule has 1 aromatic carbocycles. The van der Waals surface area contributed by atoms with Gasteiger partial charge in [0, 0.05) is 17.8 Å². The van der Waals surface area contributed by atoms with Gasteiger partial charge in [0.15, 0.2) is 5.82 Å². The van der Waals surface area contributed by atoms with Crippen molar-refractivity contribution in [2.45, 2.75) is 18.7 Å². The van der Waals surface area contributed by atoms with Crippen molar-refractivity contribution in [1.29, 1.82) is 0 Å². The third kappa shape index (κ3) is 2.47. The van der Waals surface area contributed by atoms with Crippen LogP contribution in [0.4, 0.5) is 8.78 Å². The summed E-state index contributed by atoms with van der Waals surface area (Å²) in [5, 5.41) is 3.87. The molecular formula is C12H11ClF2N2. The number of benzene rings is 1. The zero-order valence-electron chi connectivity index (χ0n) is 9.20. The topological polar surface area (TPSA) is 17.8 Å². The molecular weight excluding hydrogens is 246 g/mol. The van der Waals surface area contributed by atoms with E-state index in [1.54, 1.807) is 12.4 Å². The Balaban J connectivity index is 2.37. The van der Waals surface area contributed by atoms with Gasteiger partial charge in [-0.15, -0.1) is 11.6 Å². The molecule has 0 aliphatic heterocycles. The van der Waals surface area contributed by atoms with Crippen LogP contribution in [0.3, 0.4) is 0 Å². The van der Waals surface area contributed by atoms with Gasteiger partial charge < -0.3 is 0 Å². The third-order valence-corrected chi connectivity index (χ3v) is 3.04. The van der Waals surface area contributed by atoms with Crippen molar-refractivity contribution >= 4 is 11.6 Å². The molecule has 1 aromatic heterocycles. The first kappa shape index (κ1) is 12.0. The van der Waals surface area contributed by atoms with E-state index in [2.05, 4.69) is 5.10 Å². The van der Waals surface area contributed by atoms with Gasteiger partial charge in [-0.05, 0) is 18.6 Å². The van der Waals surface area contributed by atoms with Crippen molar-refractivity contribution in [2.24, 2.45) is 0 Å². The molecule has 0 radical (unpaired) electrons. The van der Waals surface area contributed by atoms with Crippen LogP contribution in [0.2, 0.25) is 0 Å². The number of rotatable bonds is 3. The highest BCUT2D eigenvalue weighted by atomic mass is 35.5. The van der Waals surface area contributed by atoms with Crippen LogP contribution in [0.25, 0.3) is 5.69 Å². The molecule has 1 atom stereocenters. The SMILES string of the molecule is CCC(Cl)c1cnn(-c2ccc(F)cc2F)c1. The number of nitrogens with zero attached hydrogens (tertiary/aromatic N) is 2. The van der Waals surface area contributed by atoms with E-state index in [9.17, 15) is 8.78 Å². The number of hydrogen-bond donors (Lipinski definition) is 0. The van der Waals surface area contributed by atoms with E-state index >= 15 is 0 Å². The molecule has 5 heteroatoms. The molecule has 0 fully saturated rings. The standard InChI is InChI=1S/C12H11ClF2N2/c1-2-10(13)8-6-16-17(7-8)12-4-3-9(14)5-11(12)15/h3-7,10H,2H2,1H3. The highest BCUT2D eigenvalue weighted by Crippen LogP contribution is 2.24. The van der Waals surface area contributed by atoms with Gasteiger partial charge in [-0.2, -0.15) is 5.10 Å². The molecule has 1 unspecified atom stereocenters. The van der Waals surface area contributed by atoms with Gasteiger partial charge >= 0.3 is 0 Å². The minimum atomic E-state index is -0.651. The van der Waals surface area contributed by atoms with Crippen molar-refractivity contribution in [2.75, 3.05) is 0 Å². The number of hydrogen-bond acceptors (Lipinski definition) is 1. The van der Waals surface area contributed by atoms with Gasteiger partial charge in [-0.1, -0.05) is 6.92 Å². The fourth-order valence-corrected chi connectivity index (χ4v) is 1.65. The maximum absolute atomic E-state index is 13.5. The first-order valence-corrected chi connectivity index (χ1v) is 5.69. The summed E-state index contributed by atoms with van der Waals surface area (Å²) in [6, 6.07) is 3.36. The van der Waals surface area contributed by atoms with Crippen molar-refractivity contribution in [3.05, 3.63) is 47.8 Å². The number of alkyl halides is 1. The molecule has 1 heterocycles. The van der Waals surface area contributed by atoms with E-state index in [4.69, 9.17) is 11.6 Å². The lowest BCUT2D eigenvalue weighted by molar-refractivity contribution is 0.573. The van der Waals surface area contributed by atoms with Gasteiger partial charge in [0.05, 0.1) is 11.6 Å². The van der Waals surface area contributed by atoms with E-state index < -0.39 is 11.6 Å². The predicted molar refractivity (Wildman–Crippen MR) is 62.4 cm³/mol. The smallest absolute Gasteiger partial charge is 0.151 e. The summed E-state index contributed by atoms with van der Waals surface area (Å²) >= 11 is 6.05. The maximum atomic E-state index is 13.5. The zero-order valence-corrected chi connectivity index (χ0v) is 9.96. The Labute approximate surface area is 103 Å². The summed E-state index contributed by atoms with van der Waals surface area (Å²) in [4.78, 5) is 0. The molecule has 0 aliphatic rings. The molecule has 2 aromatic rings. The molecule has 0 N–H and O–H groups in total. The maximum Gasteiger partial charge on any atom is 0.151 e. The normalized spacial score (nSPS) is 12.7. The minimum Gasteiger partial charge on any atom is -0.238 e. The van der Waals surface area contributed by atoms with E-state index in [1.165, 1.54) is 16.8 Å². The predicted octanol–water partition coefficient (Wildman–Crippen LogP) is 3.84. The van der Waals surface area contributed by atoms with Gasteiger partial charge in [0.25, 0.3) is 0 Å². The summed E-state index contributed by atoms with van der Waals surface area (Å²) < 4.78 is 27.6. The second-order valence-corrected chi connectivity index (χ2v) is 4.22. The summed E-state index contributed by atoms with van der Waals surface area (Å²) in [7, 11) is 0. The molecule has 0 saturated carbocycles. The third-order valence-electron chi connectivity index (χ3n) is 2.48. The van der Waals surface area contributed by atoms with Crippen molar-refractivity contribution < 1.29 is 8.78 Å². The van der Waals surface area contributed by atoms with Crippen molar-refractivity contribution in [3.8, 4) is 5.69 Å². The summed E-state index contributed by atoms with van der Waals surface area (Å²) in [5.74, 6) is -1.26. The Morgan fingerprint density at radius 3 is 2.82 bits per heavy atom. The lowest BCUT2D eigenvalue weighted by atomic mass is 10.2. The first-order valence-electron chi connectivity index (χ1n) is 5.26. The fourth-order valence-electron chi connectivity index (χ4n) is 1.53. The summed E-state index contributed by atoms with van der Waals surface area (Å²) in [6.07, 6.45) is 4.00. The van der Waals surface area contributed by atoms with Crippen LogP contribution < -0.4 is 0 Å². The fraction of sp³-hybridized carbons (Fsp3) is 0.250. The van der Waals surface area contributed by atoms with Gasteiger partial charge in [-0.3, -0.25) is 0 Å². The molecule has 0 saturated heterocycles. The molecule has 0 bridgehead atoms. The van der Waals surface area contributed by atoms with Crippen LogP contribution in [0.5, 0.6) is 0 Å².